The summed E-state index contributed by atoms with van der Waals surface area (Å²) in [5, 5.41) is 0. The van der Waals surface area contributed by atoms with Gasteiger partial charge in [-0.3, -0.25) is 4.79 Å². The van der Waals surface area contributed by atoms with Gasteiger partial charge in [-0.15, -0.1) is 0 Å². The van der Waals surface area contributed by atoms with E-state index in [1.54, 1.807) is 11.3 Å². The van der Waals surface area contributed by atoms with Gasteiger partial charge in [-0.25, -0.2) is 0 Å². The predicted octanol–water partition coefficient (Wildman–Crippen LogP) is 3.74. The molecule has 0 saturated carbocycles. The Balaban J connectivity index is 1.68. The van der Waals surface area contributed by atoms with Crippen LogP contribution < -0.4 is 14.3 Å². The molecule has 0 N–H and O–H groups in total. The third-order valence-electron chi connectivity index (χ3n) is 4.63. The zero-order valence-corrected chi connectivity index (χ0v) is 15.9. The van der Waals surface area contributed by atoms with Crippen molar-refractivity contribution in [3.63, 3.8) is 0 Å². The van der Waals surface area contributed by atoms with Crippen LogP contribution in [-0.4, -0.2) is 17.3 Å². The summed E-state index contributed by atoms with van der Waals surface area (Å²) in [6.07, 6.45) is 0.243. The van der Waals surface area contributed by atoms with Gasteiger partial charge in [0.15, 0.2) is 16.3 Å². The Hall–Kier alpha value is -2.60. The van der Waals surface area contributed by atoms with Crippen LogP contribution in [0.1, 0.15) is 23.6 Å². The topological polar surface area (TPSA) is 52.8 Å². The zero-order valence-electron chi connectivity index (χ0n) is 15.0. The smallest absolute Gasteiger partial charge is 0.252 e. The number of thiazole rings is 1. The summed E-state index contributed by atoms with van der Waals surface area (Å²) in [5.74, 6) is 1.25. The second kappa shape index (κ2) is 6.61. The molecule has 6 heteroatoms. The molecule has 134 valence electrons. The van der Waals surface area contributed by atoms with Crippen LogP contribution in [0.15, 0.2) is 35.3 Å². The number of carbonyl (C=O) groups is 1. The molecule has 0 fully saturated rings. The molecule has 1 aliphatic heterocycles. The van der Waals surface area contributed by atoms with E-state index < -0.39 is 0 Å². The summed E-state index contributed by atoms with van der Waals surface area (Å²) in [5.41, 5.74) is 4.50. The molecule has 0 bridgehead atoms. The van der Waals surface area contributed by atoms with E-state index in [0.717, 1.165) is 32.9 Å². The molecule has 0 saturated heterocycles. The van der Waals surface area contributed by atoms with Crippen molar-refractivity contribution in [1.82, 2.24) is 4.57 Å². The van der Waals surface area contributed by atoms with Crippen molar-refractivity contribution in [2.45, 2.75) is 33.7 Å². The maximum Gasteiger partial charge on any atom is 0.252 e. The molecule has 26 heavy (non-hydrogen) atoms. The number of nitrogens with zero attached hydrogens (tertiary/aromatic N) is 2. The van der Waals surface area contributed by atoms with E-state index in [2.05, 4.69) is 42.5 Å². The van der Waals surface area contributed by atoms with Gasteiger partial charge in [0.05, 0.1) is 16.6 Å². The molecule has 5 nitrogen and oxygen atoms in total. The third-order valence-corrected chi connectivity index (χ3v) is 5.67. The Labute approximate surface area is 155 Å². The van der Waals surface area contributed by atoms with Gasteiger partial charge in [-0.05, 0) is 61.7 Å². The summed E-state index contributed by atoms with van der Waals surface area (Å²) >= 11 is 1.56. The maximum atomic E-state index is 12.5. The fourth-order valence-corrected chi connectivity index (χ4v) is 4.28. The molecule has 2 heterocycles. The standard InChI is InChI=1S/C20H20N2O3S/c1-4-22-15-7-12(2)13(3)8-18(15)26-20(22)21-19(23)10-14-5-6-16-17(9-14)25-11-24-16/h5-9H,4,10-11H2,1-3H3. The first kappa shape index (κ1) is 16.8. The van der Waals surface area contributed by atoms with Crippen LogP contribution in [0.5, 0.6) is 11.5 Å². The Morgan fingerprint density at radius 1 is 1.15 bits per heavy atom. The van der Waals surface area contributed by atoms with Gasteiger partial charge < -0.3 is 14.0 Å². The van der Waals surface area contributed by atoms with Gasteiger partial charge in [0.25, 0.3) is 5.91 Å². The number of aryl methyl sites for hydroxylation is 3. The van der Waals surface area contributed by atoms with Gasteiger partial charge in [0, 0.05) is 6.54 Å². The highest BCUT2D eigenvalue weighted by atomic mass is 32.1. The Morgan fingerprint density at radius 2 is 1.92 bits per heavy atom. The van der Waals surface area contributed by atoms with E-state index in [9.17, 15) is 4.79 Å². The number of rotatable bonds is 3. The third kappa shape index (κ3) is 3.01. The number of fused-ring (bicyclic) bond motifs is 2. The van der Waals surface area contributed by atoms with Crippen molar-refractivity contribution in [3.8, 4) is 11.5 Å². The first-order chi connectivity index (χ1) is 12.5. The largest absolute Gasteiger partial charge is 0.454 e. The number of ether oxygens (including phenoxy) is 2. The molecule has 0 radical (unpaired) electrons. The average molecular weight is 368 g/mol. The minimum Gasteiger partial charge on any atom is -0.454 e. The highest BCUT2D eigenvalue weighted by Gasteiger charge is 2.15. The summed E-state index contributed by atoms with van der Waals surface area (Å²) < 4.78 is 13.9. The van der Waals surface area contributed by atoms with E-state index in [0.29, 0.717) is 5.75 Å². The molecule has 0 unspecified atom stereocenters. The monoisotopic (exact) mass is 368 g/mol. The number of aromatic nitrogens is 1. The van der Waals surface area contributed by atoms with Crippen molar-refractivity contribution in [2.75, 3.05) is 6.79 Å². The zero-order chi connectivity index (χ0) is 18.3. The van der Waals surface area contributed by atoms with Gasteiger partial charge in [0.2, 0.25) is 6.79 Å². The van der Waals surface area contributed by atoms with Crippen LogP contribution in [-0.2, 0) is 17.8 Å². The van der Waals surface area contributed by atoms with Crippen molar-refractivity contribution >= 4 is 27.5 Å². The van der Waals surface area contributed by atoms with E-state index >= 15 is 0 Å². The van der Waals surface area contributed by atoms with Crippen molar-refractivity contribution in [1.29, 1.82) is 0 Å². The van der Waals surface area contributed by atoms with Gasteiger partial charge in [0.1, 0.15) is 0 Å². The molecule has 0 atom stereocenters. The molecule has 1 aromatic heterocycles. The fraction of sp³-hybridized carbons (Fsp3) is 0.300. The Morgan fingerprint density at radius 3 is 2.73 bits per heavy atom. The fourth-order valence-electron chi connectivity index (χ4n) is 3.08. The predicted molar refractivity (Wildman–Crippen MR) is 102 cm³/mol. The Kier molecular flexibility index (Phi) is 4.28. The highest BCUT2D eigenvalue weighted by molar-refractivity contribution is 7.16. The number of benzene rings is 2. The Bertz CT molecular complexity index is 1080. The second-order valence-corrected chi connectivity index (χ2v) is 7.41. The van der Waals surface area contributed by atoms with E-state index in [-0.39, 0.29) is 19.1 Å². The summed E-state index contributed by atoms with van der Waals surface area (Å²) in [4.78, 5) is 17.6. The van der Waals surface area contributed by atoms with E-state index in [4.69, 9.17) is 9.47 Å². The van der Waals surface area contributed by atoms with Crippen LogP contribution >= 0.6 is 11.3 Å². The molecule has 3 aromatic rings. The summed E-state index contributed by atoms with van der Waals surface area (Å²) in [6, 6.07) is 9.91. The van der Waals surface area contributed by atoms with Crippen molar-refractivity contribution in [3.05, 3.63) is 51.8 Å². The number of hydrogen-bond acceptors (Lipinski definition) is 4. The van der Waals surface area contributed by atoms with Crippen molar-refractivity contribution < 1.29 is 14.3 Å². The van der Waals surface area contributed by atoms with E-state index in [1.807, 2.05) is 18.2 Å². The van der Waals surface area contributed by atoms with Crippen LogP contribution in [0.2, 0.25) is 0 Å². The second-order valence-electron chi connectivity index (χ2n) is 6.40. The first-order valence-corrected chi connectivity index (χ1v) is 9.43. The molecule has 4 rings (SSSR count). The highest BCUT2D eigenvalue weighted by Crippen LogP contribution is 2.32. The lowest BCUT2D eigenvalue weighted by Crippen LogP contribution is -2.16. The molecule has 0 spiro atoms. The molecular weight excluding hydrogens is 348 g/mol. The minimum absolute atomic E-state index is 0.161. The minimum atomic E-state index is -0.161. The summed E-state index contributed by atoms with van der Waals surface area (Å²) in [7, 11) is 0. The number of hydrogen-bond donors (Lipinski definition) is 0. The maximum absolute atomic E-state index is 12.5. The van der Waals surface area contributed by atoms with Gasteiger partial charge >= 0.3 is 0 Å². The van der Waals surface area contributed by atoms with Crippen molar-refractivity contribution in [2.24, 2.45) is 4.99 Å². The molecule has 0 aliphatic carbocycles. The van der Waals surface area contributed by atoms with Crippen LogP contribution in [0, 0.1) is 13.8 Å². The number of amides is 1. The SMILES string of the molecule is CCn1c(=NC(=O)Cc2ccc3c(c2)OCO3)sc2cc(C)c(C)cc21. The van der Waals surface area contributed by atoms with Crippen LogP contribution in [0.25, 0.3) is 10.2 Å². The van der Waals surface area contributed by atoms with Crippen LogP contribution in [0.3, 0.4) is 0 Å². The lowest BCUT2D eigenvalue weighted by atomic mass is 10.1. The first-order valence-electron chi connectivity index (χ1n) is 8.62. The van der Waals surface area contributed by atoms with Crippen LogP contribution in [0.4, 0.5) is 0 Å². The number of carbonyl (C=O) groups excluding carboxylic acids is 1. The lowest BCUT2D eigenvalue weighted by molar-refractivity contribution is -0.117. The van der Waals surface area contributed by atoms with Gasteiger partial charge in [-0.2, -0.15) is 4.99 Å². The van der Waals surface area contributed by atoms with E-state index in [1.165, 1.54) is 11.1 Å². The lowest BCUT2D eigenvalue weighted by Gasteiger charge is -2.03. The molecule has 1 amide bonds. The molecular formula is C20H20N2O3S. The normalized spacial score (nSPS) is 13.6. The molecule has 2 aromatic carbocycles. The quantitative estimate of drug-likeness (QED) is 0.708. The average Bonchev–Trinajstić information content (AvgIpc) is 3.19. The van der Waals surface area contributed by atoms with Gasteiger partial charge in [-0.1, -0.05) is 17.4 Å². The summed E-state index contributed by atoms with van der Waals surface area (Å²) in [6.45, 7) is 7.29. The molecule has 1 aliphatic rings.